The van der Waals surface area contributed by atoms with Gasteiger partial charge in [-0.2, -0.15) is 4.98 Å². The van der Waals surface area contributed by atoms with Gasteiger partial charge in [-0.1, -0.05) is 64.5 Å². The molecule has 0 aliphatic carbocycles. The van der Waals surface area contributed by atoms with Gasteiger partial charge in [0.05, 0.1) is 63.3 Å². The van der Waals surface area contributed by atoms with Gasteiger partial charge in [-0.15, -0.1) is 23.5 Å². The summed E-state index contributed by atoms with van der Waals surface area (Å²) < 4.78 is 52.5. The van der Waals surface area contributed by atoms with Crippen LogP contribution in [0.2, 0.25) is 0 Å². The summed E-state index contributed by atoms with van der Waals surface area (Å²) in [6, 6.07) is 25.8. The number of rotatable bonds is 16. The summed E-state index contributed by atoms with van der Waals surface area (Å²) in [5.41, 5.74) is 2.52. The van der Waals surface area contributed by atoms with Crippen LogP contribution in [0.3, 0.4) is 0 Å². The Balaban J connectivity index is 0.000000239. The molecule has 2 saturated heterocycles. The number of carbonyl (C=O) groups excluding carboxylic acids is 5. The minimum absolute atomic E-state index is 0.000782. The van der Waals surface area contributed by atoms with Crippen molar-refractivity contribution in [3.63, 3.8) is 0 Å². The highest BCUT2D eigenvalue weighted by Crippen LogP contribution is 2.45. The largest absolute Gasteiger partial charge is 0.461 e. The molecule has 370 valence electrons. The number of aliphatic hydroxyl groups excluding tert-OH is 4. The first kappa shape index (κ1) is 53.3. The number of anilines is 1. The van der Waals surface area contributed by atoms with Gasteiger partial charge in [0, 0.05) is 13.1 Å². The first-order valence-electron chi connectivity index (χ1n) is 21.3. The Hall–Kier alpha value is -6.01. The zero-order valence-corrected chi connectivity index (χ0v) is 40.2. The highest BCUT2D eigenvalue weighted by molar-refractivity contribution is 9.11. The molecule has 2 fully saturated rings. The number of aliphatic hydroxyl groups is 4. The van der Waals surface area contributed by atoms with E-state index in [1.807, 2.05) is 0 Å². The van der Waals surface area contributed by atoms with E-state index in [0.717, 1.165) is 16.3 Å². The summed E-state index contributed by atoms with van der Waals surface area (Å²) in [5, 5.41) is 36.3. The predicted molar refractivity (Wildman–Crippen MR) is 256 cm³/mol. The van der Waals surface area contributed by atoms with Crippen LogP contribution >= 0.6 is 39.5 Å². The number of nitrogens with one attached hydrogen (secondary N) is 1. The highest BCUT2D eigenvalue weighted by atomic mass is 79.9. The van der Waals surface area contributed by atoms with E-state index in [9.17, 15) is 43.4 Å². The molecule has 1 aromatic heterocycles. The van der Waals surface area contributed by atoms with Gasteiger partial charge in [0.25, 0.3) is 0 Å². The monoisotopic (exact) mass is 1070 g/mol. The average molecular weight is 1070 g/mol. The molecule has 1 amide bonds. The molecule has 0 radical (unpaired) electrons. The van der Waals surface area contributed by atoms with Crippen molar-refractivity contribution in [1.82, 2.24) is 9.55 Å². The molecule has 0 bridgehead atoms. The molecule has 0 saturated carbocycles. The van der Waals surface area contributed by atoms with Crippen LogP contribution in [0, 0.1) is 0 Å². The number of amides is 1. The van der Waals surface area contributed by atoms with Gasteiger partial charge in [-0.3, -0.25) is 9.36 Å². The van der Waals surface area contributed by atoms with Crippen LogP contribution in [0.1, 0.15) is 76.0 Å². The maximum absolute atomic E-state index is 15.9. The lowest BCUT2D eigenvalue weighted by Gasteiger charge is -2.21. The van der Waals surface area contributed by atoms with Crippen LogP contribution in [0.4, 0.5) is 14.6 Å². The molecule has 4 aromatic carbocycles. The van der Waals surface area contributed by atoms with Crippen molar-refractivity contribution in [1.29, 1.82) is 0 Å². The van der Waals surface area contributed by atoms with Crippen molar-refractivity contribution in [2.75, 3.05) is 18.5 Å². The molecular weight excluding hydrogens is 1020 g/mol. The number of benzene rings is 4. The minimum Gasteiger partial charge on any atom is -0.461 e. The van der Waals surface area contributed by atoms with E-state index in [0.29, 0.717) is 27.8 Å². The number of hydrogen-bond donors (Lipinski definition) is 5. The molecule has 2 aliphatic rings. The van der Waals surface area contributed by atoms with Crippen molar-refractivity contribution < 1.29 is 72.1 Å². The smallest absolute Gasteiger partial charge is 0.350 e. The molecular formula is C48H46BrF2N3O14S2. The van der Waals surface area contributed by atoms with E-state index in [1.54, 1.807) is 36.4 Å². The van der Waals surface area contributed by atoms with Gasteiger partial charge in [-0.25, -0.2) is 32.8 Å². The van der Waals surface area contributed by atoms with Crippen LogP contribution in [-0.4, -0.2) is 112 Å². The number of alkyl halides is 3. The molecule has 17 nitrogen and oxygen atoms in total. The zero-order valence-electron chi connectivity index (χ0n) is 37.0. The number of carbonyl (C=O) groups is 5. The maximum atomic E-state index is 15.9. The third-order valence-electron chi connectivity index (χ3n) is 10.6. The zero-order chi connectivity index (χ0) is 50.5. The van der Waals surface area contributed by atoms with Crippen LogP contribution in [0.5, 0.6) is 0 Å². The van der Waals surface area contributed by atoms with Crippen molar-refractivity contribution >= 4 is 75.1 Å². The molecule has 3 heterocycles. The van der Waals surface area contributed by atoms with Crippen LogP contribution in [0.15, 0.2) is 114 Å². The van der Waals surface area contributed by atoms with Gasteiger partial charge >= 0.3 is 29.6 Å². The Morgan fingerprint density at radius 3 is 1.34 bits per heavy atom. The van der Waals surface area contributed by atoms with Gasteiger partial charge < -0.3 is 44.7 Å². The number of ether oxygens (including phenoxy) is 4. The first-order valence-corrected chi connectivity index (χ1v) is 24.1. The molecule has 70 heavy (non-hydrogen) atoms. The topological polar surface area (TPSA) is 250 Å². The highest BCUT2D eigenvalue weighted by Gasteiger charge is 2.50. The maximum Gasteiger partial charge on any atom is 0.350 e. The fourth-order valence-corrected chi connectivity index (χ4v) is 10.6. The van der Waals surface area contributed by atoms with Crippen molar-refractivity contribution in [3.05, 3.63) is 164 Å². The normalized spacial score (nSPS) is 21.4. The Morgan fingerprint density at radius 1 is 0.600 bits per heavy atom. The van der Waals surface area contributed by atoms with E-state index < -0.39 is 80.1 Å². The summed E-state index contributed by atoms with van der Waals surface area (Å²) in [4.78, 5) is 77.8. The molecule has 0 unspecified atom stereocenters. The number of nitrogens with zero attached hydrogens (tertiary/aromatic N) is 2. The average Bonchev–Trinajstić information content (AvgIpc) is 3.83. The van der Waals surface area contributed by atoms with Gasteiger partial charge in [-0.05, 0) is 76.9 Å². The molecule has 22 heteroatoms. The quantitative estimate of drug-likeness (QED) is 0.0468. The number of halogens is 3. The van der Waals surface area contributed by atoms with Crippen LogP contribution in [-0.2, 0) is 50.2 Å². The summed E-state index contributed by atoms with van der Waals surface area (Å²) in [5.74, 6) is -3.24. The molecule has 0 spiro atoms. The molecule has 5 N–H and O–H groups in total. The van der Waals surface area contributed by atoms with E-state index in [1.165, 1.54) is 91.6 Å². The fourth-order valence-electron chi connectivity index (χ4n) is 6.85. The second-order valence-electron chi connectivity index (χ2n) is 15.5. The van der Waals surface area contributed by atoms with Crippen LogP contribution in [0.25, 0.3) is 0 Å². The Morgan fingerprint density at radius 2 is 0.971 bits per heavy atom. The molecule has 7 rings (SSSR count). The number of hydrogen-bond acceptors (Lipinski definition) is 17. The van der Waals surface area contributed by atoms with E-state index >= 15 is 4.39 Å². The van der Waals surface area contributed by atoms with Gasteiger partial charge in [0.1, 0.15) is 24.4 Å². The van der Waals surface area contributed by atoms with Crippen molar-refractivity contribution in [2.45, 2.75) is 77.9 Å². The summed E-state index contributed by atoms with van der Waals surface area (Å²) in [6.07, 6.45) is -4.57. The van der Waals surface area contributed by atoms with Crippen molar-refractivity contribution in [2.24, 2.45) is 0 Å². The minimum atomic E-state index is -1.88. The molecule has 8 atom stereocenters. The third-order valence-corrected chi connectivity index (χ3v) is 14.6. The van der Waals surface area contributed by atoms with E-state index in [2.05, 4.69) is 26.2 Å². The number of thioether (sulfide) groups is 2. The van der Waals surface area contributed by atoms with E-state index in [-0.39, 0.29) is 62.1 Å². The second-order valence-corrected chi connectivity index (χ2v) is 19.9. The lowest BCUT2D eigenvalue weighted by Crippen LogP contribution is -2.37. The second kappa shape index (κ2) is 25.2. The van der Waals surface area contributed by atoms with Gasteiger partial charge in [0.2, 0.25) is 5.91 Å². The van der Waals surface area contributed by atoms with Crippen molar-refractivity contribution in [3.8, 4) is 0 Å². The fraction of sp³-hybridized carbons (Fsp3) is 0.312. The summed E-state index contributed by atoms with van der Waals surface area (Å²) in [7, 11) is 0. The summed E-state index contributed by atoms with van der Waals surface area (Å²) >= 11 is 5.35. The van der Waals surface area contributed by atoms with Gasteiger partial charge in [0.15, 0.2) is 24.6 Å². The number of aromatic nitrogens is 2. The SMILES string of the molecule is CC(=O)Nc1ccn([C@@H]2S[C@H](COC(=O)c3ccc(CO)cc3)[C@@H](OC(=O)c3ccc(CO)cc3)[C@@H]2F)c(=O)n1.O=C(OC[C@H]1S[C@H](Br)[C@@H](F)[C@@H]1OC(=O)c1ccc(CO)cc1)c1ccc(CO)cc1. The Bertz CT molecular complexity index is 2670. The van der Waals surface area contributed by atoms with E-state index in [4.69, 9.17) is 29.2 Å². The standard InChI is InChI=1S/C27H26FN3O8S.C21H20BrFO6S/c1-15(34)29-21-10-11-31(27(37)30-21)24-22(28)23(39-26(36)19-8-4-17(13-33)5-9-19)20(40-24)14-38-25(35)18-6-2-16(12-32)3-7-18;22-19-17(23)18(29-21(27)15-7-3-13(10-25)4-8-15)16(30-19)11-28-20(26)14-5-1-12(9-24)2-6-14/h2-11,20,22-24,32-33H,12-14H2,1H3,(H,29,30,34,37);1-8,16-19,24-25H,9-11H2/t20-,22+,23-,24-;16-,17+,18-,19+/m11/s1. The first-order chi connectivity index (χ1) is 33.6. The molecule has 2 aliphatic heterocycles. The lowest BCUT2D eigenvalue weighted by molar-refractivity contribution is -0.114. The Kier molecular flexibility index (Phi) is 19.2. The lowest BCUT2D eigenvalue weighted by atomic mass is 10.1. The number of esters is 4. The summed E-state index contributed by atoms with van der Waals surface area (Å²) in [6.45, 7) is 0.0915. The predicted octanol–water partition coefficient (Wildman–Crippen LogP) is 5.45. The molecule has 5 aromatic rings. The van der Waals surface area contributed by atoms with Crippen LogP contribution < -0.4 is 11.0 Å². The third kappa shape index (κ3) is 13.9. The Labute approximate surface area is 415 Å².